The molecule has 0 radical (unpaired) electrons. The smallest absolute Gasteiger partial charge is 0.231 e. The van der Waals surface area contributed by atoms with Crippen LogP contribution in [-0.2, 0) is 15.8 Å². The number of primary sulfonamides is 1. The highest BCUT2D eigenvalue weighted by Gasteiger charge is 2.14. The van der Waals surface area contributed by atoms with Gasteiger partial charge in [0.15, 0.2) is 11.5 Å². The van der Waals surface area contributed by atoms with Crippen molar-refractivity contribution < 1.29 is 17.9 Å². The average molecular weight is 215 g/mol. The first kappa shape index (κ1) is 9.29. The molecule has 0 saturated heterocycles. The minimum atomic E-state index is -3.49. The lowest BCUT2D eigenvalue weighted by atomic mass is 10.2. The summed E-state index contributed by atoms with van der Waals surface area (Å²) >= 11 is 0. The fourth-order valence-electron chi connectivity index (χ4n) is 1.26. The third-order valence-electron chi connectivity index (χ3n) is 1.80. The third kappa shape index (κ3) is 1.97. The molecule has 2 N–H and O–H groups in total. The molecule has 1 aromatic carbocycles. The van der Waals surface area contributed by atoms with Gasteiger partial charge in [0.05, 0.1) is 5.75 Å². The van der Waals surface area contributed by atoms with Gasteiger partial charge < -0.3 is 9.47 Å². The third-order valence-corrected chi connectivity index (χ3v) is 2.54. The van der Waals surface area contributed by atoms with E-state index in [1.54, 1.807) is 18.2 Å². The highest BCUT2D eigenvalue weighted by atomic mass is 32.2. The van der Waals surface area contributed by atoms with Gasteiger partial charge in [0, 0.05) is 0 Å². The van der Waals surface area contributed by atoms with E-state index in [2.05, 4.69) is 0 Å². The van der Waals surface area contributed by atoms with E-state index >= 15 is 0 Å². The second-order valence-electron chi connectivity index (χ2n) is 2.99. The molecule has 1 aliphatic rings. The van der Waals surface area contributed by atoms with Crippen molar-refractivity contribution in [1.29, 1.82) is 0 Å². The normalized spacial score (nSPS) is 14.4. The zero-order valence-corrected chi connectivity index (χ0v) is 8.08. The lowest BCUT2D eigenvalue weighted by Crippen LogP contribution is -2.14. The van der Waals surface area contributed by atoms with E-state index in [4.69, 9.17) is 14.6 Å². The largest absolute Gasteiger partial charge is 0.454 e. The van der Waals surface area contributed by atoms with Crippen molar-refractivity contribution in [3.63, 3.8) is 0 Å². The first-order valence-corrected chi connectivity index (χ1v) is 5.65. The first-order chi connectivity index (χ1) is 6.54. The molecule has 0 bridgehead atoms. The molecule has 1 aromatic rings. The van der Waals surface area contributed by atoms with Crippen molar-refractivity contribution in [2.24, 2.45) is 5.14 Å². The number of fused-ring (bicyclic) bond motifs is 1. The first-order valence-electron chi connectivity index (χ1n) is 3.93. The maximum atomic E-state index is 10.8. The van der Waals surface area contributed by atoms with Crippen LogP contribution in [0.3, 0.4) is 0 Å². The number of hydrogen-bond donors (Lipinski definition) is 1. The summed E-state index contributed by atoms with van der Waals surface area (Å²) in [5, 5.41) is 4.91. The van der Waals surface area contributed by atoms with Crippen LogP contribution in [0.1, 0.15) is 5.56 Å². The summed E-state index contributed by atoms with van der Waals surface area (Å²) in [7, 11) is -3.49. The quantitative estimate of drug-likeness (QED) is 0.764. The van der Waals surface area contributed by atoms with Gasteiger partial charge in [-0.2, -0.15) is 0 Å². The number of ether oxygens (including phenoxy) is 2. The molecule has 14 heavy (non-hydrogen) atoms. The Kier molecular flexibility index (Phi) is 2.09. The van der Waals surface area contributed by atoms with Crippen molar-refractivity contribution in [3.05, 3.63) is 23.8 Å². The summed E-state index contributed by atoms with van der Waals surface area (Å²) in [5.74, 6) is 0.998. The lowest BCUT2D eigenvalue weighted by Gasteiger charge is -2.00. The van der Waals surface area contributed by atoms with E-state index < -0.39 is 10.0 Å². The van der Waals surface area contributed by atoms with Crippen LogP contribution >= 0.6 is 0 Å². The molecule has 0 atom stereocenters. The summed E-state index contributed by atoms with van der Waals surface area (Å²) in [4.78, 5) is 0. The van der Waals surface area contributed by atoms with E-state index in [0.29, 0.717) is 17.1 Å². The van der Waals surface area contributed by atoms with Crippen molar-refractivity contribution >= 4 is 10.0 Å². The van der Waals surface area contributed by atoms with E-state index in [1.165, 1.54) is 0 Å². The van der Waals surface area contributed by atoms with E-state index in [1.807, 2.05) is 0 Å². The highest BCUT2D eigenvalue weighted by Crippen LogP contribution is 2.32. The molecule has 0 unspecified atom stereocenters. The Morgan fingerprint density at radius 3 is 2.71 bits per heavy atom. The van der Waals surface area contributed by atoms with Crippen LogP contribution in [0.2, 0.25) is 0 Å². The molecule has 76 valence electrons. The second kappa shape index (κ2) is 3.14. The van der Waals surface area contributed by atoms with Crippen LogP contribution in [0.25, 0.3) is 0 Å². The molecular formula is C8H9NO4S. The number of hydrogen-bond acceptors (Lipinski definition) is 4. The molecule has 0 saturated carbocycles. The number of nitrogens with two attached hydrogens (primary N) is 1. The lowest BCUT2D eigenvalue weighted by molar-refractivity contribution is 0.174. The summed E-state index contributed by atoms with van der Waals surface area (Å²) in [6.07, 6.45) is 0. The Morgan fingerprint density at radius 2 is 2.00 bits per heavy atom. The Labute approximate surface area is 81.5 Å². The van der Waals surface area contributed by atoms with E-state index in [9.17, 15) is 8.42 Å². The van der Waals surface area contributed by atoms with Crippen LogP contribution in [0.4, 0.5) is 0 Å². The minimum absolute atomic E-state index is 0.175. The summed E-state index contributed by atoms with van der Waals surface area (Å²) in [6, 6.07) is 4.94. The Hall–Kier alpha value is -1.27. The fourth-order valence-corrected chi connectivity index (χ4v) is 1.91. The zero-order valence-electron chi connectivity index (χ0n) is 7.26. The van der Waals surface area contributed by atoms with Crippen molar-refractivity contribution in [3.8, 4) is 11.5 Å². The zero-order chi connectivity index (χ0) is 10.2. The predicted molar refractivity (Wildman–Crippen MR) is 49.4 cm³/mol. The van der Waals surface area contributed by atoms with Gasteiger partial charge in [0.1, 0.15) is 0 Å². The maximum absolute atomic E-state index is 10.8. The summed E-state index contributed by atoms with van der Waals surface area (Å²) < 4.78 is 31.8. The molecule has 0 aliphatic carbocycles. The number of benzene rings is 1. The van der Waals surface area contributed by atoms with Gasteiger partial charge in [-0.25, -0.2) is 13.6 Å². The standard InChI is InChI=1S/C8H9NO4S/c9-14(10,11)4-6-1-2-7-8(3-6)13-5-12-7/h1-3H,4-5H2,(H2,9,10,11). The molecule has 2 rings (SSSR count). The maximum Gasteiger partial charge on any atom is 0.231 e. The topological polar surface area (TPSA) is 78.6 Å². The molecule has 0 fully saturated rings. The van der Waals surface area contributed by atoms with Crippen molar-refractivity contribution in [2.75, 3.05) is 6.79 Å². The molecule has 1 heterocycles. The summed E-state index contributed by atoms with van der Waals surface area (Å²) in [5.41, 5.74) is 0.594. The number of sulfonamides is 1. The van der Waals surface area contributed by atoms with Gasteiger partial charge in [-0.3, -0.25) is 0 Å². The monoisotopic (exact) mass is 215 g/mol. The minimum Gasteiger partial charge on any atom is -0.454 e. The predicted octanol–water partition coefficient (Wildman–Crippen LogP) is 0.204. The molecule has 0 amide bonds. The van der Waals surface area contributed by atoms with Crippen LogP contribution in [0.5, 0.6) is 11.5 Å². The van der Waals surface area contributed by atoms with Gasteiger partial charge in [0.2, 0.25) is 16.8 Å². The van der Waals surface area contributed by atoms with Crippen LogP contribution in [0, 0.1) is 0 Å². The molecule has 0 spiro atoms. The molecule has 6 heteroatoms. The van der Waals surface area contributed by atoms with Gasteiger partial charge in [-0.15, -0.1) is 0 Å². The van der Waals surface area contributed by atoms with Gasteiger partial charge >= 0.3 is 0 Å². The average Bonchev–Trinajstić information content (AvgIpc) is 2.47. The Bertz CT molecular complexity index is 454. The molecule has 5 nitrogen and oxygen atoms in total. The molecular weight excluding hydrogens is 206 g/mol. The second-order valence-corrected chi connectivity index (χ2v) is 4.61. The van der Waals surface area contributed by atoms with Gasteiger partial charge in [-0.1, -0.05) is 6.07 Å². The summed E-state index contributed by atoms with van der Waals surface area (Å²) in [6.45, 7) is 0.175. The number of rotatable bonds is 2. The van der Waals surface area contributed by atoms with Crippen LogP contribution < -0.4 is 14.6 Å². The van der Waals surface area contributed by atoms with Crippen LogP contribution in [0.15, 0.2) is 18.2 Å². The van der Waals surface area contributed by atoms with E-state index in [0.717, 1.165) is 0 Å². The van der Waals surface area contributed by atoms with Gasteiger partial charge in [0.25, 0.3) is 0 Å². The Balaban J connectivity index is 2.29. The van der Waals surface area contributed by atoms with Crippen molar-refractivity contribution in [1.82, 2.24) is 0 Å². The van der Waals surface area contributed by atoms with E-state index in [-0.39, 0.29) is 12.5 Å². The van der Waals surface area contributed by atoms with Crippen molar-refractivity contribution in [2.45, 2.75) is 5.75 Å². The fraction of sp³-hybridized carbons (Fsp3) is 0.250. The SMILES string of the molecule is NS(=O)(=O)Cc1ccc2c(c1)OCO2. The van der Waals surface area contributed by atoms with Gasteiger partial charge in [-0.05, 0) is 17.7 Å². The van der Waals surface area contributed by atoms with Crippen LogP contribution in [-0.4, -0.2) is 15.2 Å². The highest BCUT2D eigenvalue weighted by molar-refractivity contribution is 7.88. The molecule has 0 aromatic heterocycles. The Morgan fingerprint density at radius 1 is 1.29 bits per heavy atom. The molecule has 1 aliphatic heterocycles.